The van der Waals surface area contributed by atoms with Crippen LogP contribution in [0.25, 0.3) is 10.6 Å². The fourth-order valence-electron chi connectivity index (χ4n) is 1.23. The van der Waals surface area contributed by atoms with Gasteiger partial charge in [0.15, 0.2) is 0 Å². The summed E-state index contributed by atoms with van der Waals surface area (Å²) in [6, 6.07) is 5.50. The summed E-state index contributed by atoms with van der Waals surface area (Å²) in [6.07, 6.45) is 0. The summed E-state index contributed by atoms with van der Waals surface area (Å²) in [4.78, 5) is 4.11. The largest absolute Gasteiger partial charge is 0.507 e. The molecule has 1 aromatic carbocycles. The number of halogens is 1. The standard InChI is InChI=1S/C10H10N2OS.ClH/c1-6-2-3-7(8(13)4-6)10-12-9(11)5-14-10;/h2-5,13H,11H2,1H3;1H. The molecule has 0 spiro atoms. The van der Waals surface area contributed by atoms with Crippen molar-refractivity contribution in [3.63, 3.8) is 0 Å². The smallest absolute Gasteiger partial charge is 0.135 e. The first-order chi connectivity index (χ1) is 6.66. The number of nitrogens with zero attached hydrogens (tertiary/aromatic N) is 1. The van der Waals surface area contributed by atoms with Crippen molar-refractivity contribution in [3.05, 3.63) is 29.1 Å². The minimum Gasteiger partial charge on any atom is -0.507 e. The Kier molecular flexibility index (Phi) is 3.55. The van der Waals surface area contributed by atoms with Gasteiger partial charge in [0.1, 0.15) is 16.6 Å². The van der Waals surface area contributed by atoms with Gasteiger partial charge in [-0.15, -0.1) is 23.7 Å². The lowest BCUT2D eigenvalue weighted by Gasteiger charge is -2.01. The number of nitrogens with two attached hydrogens (primary N) is 1. The lowest BCUT2D eigenvalue weighted by molar-refractivity contribution is 0.477. The molecule has 2 rings (SSSR count). The summed E-state index contributed by atoms with van der Waals surface area (Å²) in [5, 5.41) is 12.2. The molecule has 0 aliphatic heterocycles. The van der Waals surface area contributed by atoms with E-state index in [1.54, 1.807) is 11.4 Å². The predicted octanol–water partition coefficient (Wildman–Crippen LogP) is 2.83. The van der Waals surface area contributed by atoms with E-state index >= 15 is 0 Å². The van der Waals surface area contributed by atoms with Gasteiger partial charge in [-0.25, -0.2) is 4.98 Å². The fourth-order valence-corrected chi connectivity index (χ4v) is 1.98. The number of rotatable bonds is 1. The maximum Gasteiger partial charge on any atom is 0.135 e. The van der Waals surface area contributed by atoms with Gasteiger partial charge in [-0.1, -0.05) is 6.07 Å². The molecule has 0 amide bonds. The van der Waals surface area contributed by atoms with E-state index in [1.165, 1.54) is 11.3 Å². The first-order valence-corrected chi connectivity index (χ1v) is 5.06. The molecular formula is C10H11ClN2OS. The van der Waals surface area contributed by atoms with E-state index in [0.29, 0.717) is 5.82 Å². The molecule has 0 bridgehead atoms. The topological polar surface area (TPSA) is 59.1 Å². The lowest BCUT2D eigenvalue weighted by Crippen LogP contribution is -1.84. The zero-order valence-electron chi connectivity index (χ0n) is 8.10. The van der Waals surface area contributed by atoms with Crippen LogP contribution in [0.4, 0.5) is 5.82 Å². The number of aromatic hydroxyl groups is 1. The fraction of sp³-hybridized carbons (Fsp3) is 0.100. The van der Waals surface area contributed by atoms with Crippen LogP contribution in [0, 0.1) is 6.92 Å². The predicted molar refractivity (Wildman–Crippen MR) is 65.6 cm³/mol. The number of anilines is 1. The number of hydrogen-bond acceptors (Lipinski definition) is 4. The average molecular weight is 243 g/mol. The molecule has 0 aliphatic carbocycles. The molecule has 0 saturated carbocycles. The van der Waals surface area contributed by atoms with Crippen molar-refractivity contribution < 1.29 is 5.11 Å². The van der Waals surface area contributed by atoms with Crippen molar-refractivity contribution >= 4 is 29.6 Å². The van der Waals surface area contributed by atoms with Crippen LogP contribution in [0.3, 0.4) is 0 Å². The molecule has 80 valence electrons. The Bertz CT molecular complexity index is 470. The SMILES string of the molecule is Cc1ccc(-c2nc(N)cs2)c(O)c1.Cl. The van der Waals surface area contributed by atoms with Crippen LogP contribution in [0.15, 0.2) is 23.6 Å². The molecule has 3 nitrogen and oxygen atoms in total. The first-order valence-electron chi connectivity index (χ1n) is 4.18. The summed E-state index contributed by atoms with van der Waals surface area (Å²) in [5.74, 6) is 0.740. The summed E-state index contributed by atoms with van der Waals surface area (Å²) in [7, 11) is 0. The highest BCUT2D eigenvalue weighted by Gasteiger charge is 2.07. The molecule has 0 fully saturated rings. The highest BCUT2D eigenvalue weighted by atomic mass is 35.5. The molecule has 3 N–H and O–H groups in total. The van der Waals surface area contributed by atoms with Crippen molar-refractivity contribution in [3.8, 4) is 16.3 Å². The first kappa shape index (κ1) is 11.8. The molecule has 0 radical (unpaired) electrons. The average Bonchev–Trinajstić information content (AvgIpc) is 2.51. The summed E-state index contributed by atoms with van der Waals surface area (Å²) < 4.78 is 0. The van der Waals surface area contributed by atoms with E-state index in [0.717, 1.165) is 16.1 Å². The van der Waals surface area contributed by atoms with Crippen LogP contribution in [-0.4, -0.2) is 10.1 Å². The third kappa shape index (κ3) is 2.40. The van der Waals surface area contributed by atoms with Gasteiger partial charge in [0.05, 0.1) is 5.56 Å². The Morgan fingerprint density at radius 1 is 1.40 bits per heavy atom. The van der Waals surface area contributed by atoms with E-state index in [9.17, 15) is 5.11 Å². The van der Waals surface area contributed by atoms with E-state index < -0.39 is 0 Å². The minimum atomic E-state index is 0. The Morgan fingerprint density at radius 2 is 2.13 bits per heavy atom. The molecule has 5 heteroatoms. The van der Waals surface area contributed by atoms with Gasteiger partial charge in [0.25, 0.3) is 0 Å². The monoisotopic (exact) mass is 242 g/mol. The normalized spacial score (nSPS) is 9.67. The second-order valence-corrected chi connectivity index (χ2v) is 3.96. The van der Waals surface area contributed by atoms with Gasteiger partial charge >= 0.3 is 0 Å². The zero-order chi connectivity index (χ0) is 10.1. The van der Waals surface area contributed by atoms with Crippen LogP contribution >= 0.6 is 23.7 Å². The molecule has 2 aromatic rings. The van der Waals surface area contributed by atoms with E-state index in [1.807, 2.05) is 19.1 Å². The number of benzene rings is 1. The Morgan fingerprint density at radius 3 is 2.67 bits per heavy atom. The van der Waals surface area contributed by atoms with Crippen LogP contribution in [-0.2, 0) is 0 Å². The third-order valence-corrected chi connectivity index (χ3v) is 2.80. The molecule has 0 unspecified atom stereocenters. The third-order valence-electron chi connectivity index (χ3n) is 1.91. The van der Waals surface area contributed by atoms with Gasteiger partial charge in [-0.05, 0) is 24.6 Å². The molecule has 15 heavy (non-hydrogen) atoms. The van der Waals surface area contributed by atoms with Crippen LogP contribution in [0.2, 0.25) is 0 Å². The molecule has 1 aromatic heterocycles. The summed E-state index contributed by atoms with van der Waals surface area (Å²) >= 11 is 1.43. The zero-order valence-corrected chi connectivity index (χ0v) is 9.73. The maximum atomic E-state index is 9.68. The van der Waals surface area contributed by atoms with Gasteiger partial charge in [-0.2, -0.15) is 0 Å². The number of thiazole rings is 1. The Balaban J connectivity index is 0.00000112. The number of phenols is 1. The number of phenolic OH excluding ortho intramolecular Hbond substituents is 1. The van der Waals surface area contributed by atoms with Crippen LogP contribution in [0.5, 0.6) is 5.75 Å². The molecule has 0 aliphatic rings. The second kappa shape index (κ2) is 4.51. The van der Waals surface area contributed by atoms with Crippen LogP contribution in [0.1, 0.15) is 5.56 Å². The van der Waals surface area contributed by atoms with Gasteiger partial charge in [0, 0.05) is 5.38 Å². The highest BCUT2D eigenvalue weighted by molar-refractivity contribution is 7.13. The Hall–Kier alpha value is -1.26. The number of aryl methyl sites for hydroxylation is 1. The molecule has 0 saturated heterocycles. The number of aromatic nitrogens is 1. The van der Waals surface area contributed by atoms with Crippen molar-refractivity contribution in [2.75, 3.05) is 5.73 Å². The molecule has 1 heterocycles. The van der Waals surface area contributed by atoms with Gasteiger partial charge in [-0.3, -0.25) is 0 Å². The number of nitrogen functional groups attached to an aromatic ring is 1. The summed E-state index contributed by atoms with van der Waals surface area (Å²) in [5.41, 5.74) is 7.27. The number of hydrogen-bond donors (Lipinski definition) is 2. The van der Waals surface area contributed by atoms with E-state index in [2.05, 4.69) is 4.98 Å². The van der Waals surface area contributed by atoms with Crippen LogP contribution < -0.4 is 5.73 Å². The van der Waals surface area contributed by atoms with Gasteiger partial charge in [0.2, 0.25) is 0 Å². The highest BCUT2D eigenvalue weighted by Crippen LogP contribution is 2.32. The lowest BCUT2D eigenvalue weighted by atomic mass is 10.1. The van der Waals surface area contributed by atoms with E-state index in [-0.39, 0.29) is 18.2 Å². The van der Waals surface area contributed by atoms with Crippen molar-refractivity contribution in [1.29, 1.82) is 0 Å². The summed E-state index contributed by atoms with van der Waals surface area (Å²) in [6.45, 7) is 1.93. The quantitative estimate of drug-likeness (QED) is 0.809. The maximum absolute atomic E-state index is 9.68. The van der Waals surface area contributed by atoms with Crippen molar-refractivity contribution in [2.45, 2.75) is 6.92 Å². The van der Waals surface area contributed by atoms with Gasteiger partial charge < -0.3 is 10.8 Å². The minimum absolute atomic E-state index is 0. The molecule has 0 atom stereocenters. The molecular weight excluding hydrogens is 232 g/mol. The van der Waals surface area contributed by atoms with E-state index in [4.69, 9.17) is 5.73 Å². The Labute approximate surface area is 98.0 Å². The van der Waals surface area contributed by atoms with Crippen molar-refractivity contribution in [1.82, 2.24) is 4.98 Å². The van der Waals surface area contributed by atoms with Crippen molar-refractivity contribution in [2.24, 2.45) is 0 Å². The second-order valence-electron chi connectivity index (χ2n) is 3.10.